The van der Waals surface area contributed by atoms with Crippen LogP contribution in [0.5, 0.6) is 0 Å². The quantitative estimate of drug-likeness (QED) is 0.576. The second kappa shape index (κ2) is 7.04. The van der Waals surface area contributed by atoms with Crippen LogP contribution in [0.2, 0.25) is 0 Å². The fourth-order valence-electron chi connectivity index (χ4n) is 2.45. The summed E-state index contributed by atoms with van der Waals surface area (Å²) >= 11 is 0. The molecule has 2 rings (SSSR count). The van der Waals surface area contributed by atoms with Gasteiger partial charge in [0.1, 0.15) is 5.76 Å². The van der Waals surface area contributed by atoms with Gasteiger partial charge in [-0.3, -0.25) is 18.9 Å². The summed E-state index contributed by atoms with van der Waals surface area (Å²) in [5.74, 6) is 0.804. The third-order valence-corrected chi connectivity index (χ3v) is 3.65. The van der Waals surface area contributed by atoms with Crippen molar-refractivity contribution >= 4 is 18.5 Å². The molecule has 23 heavy (non-hydrogen) atoms. The molecule has 2 aromatic heterocycles. The van der Waals surface area contributed by atoms with Crippen molar-refractivity contribution in [2.75, 3.05) is 0 Å². The first-order valence-electron chi connectivity index (χ1n) is 7.34. The standard InChI is InChI=1S/C16H20N4O3/c1-5-13-14(17-3)15(21)20(16(22)19(13)4)9-7-6-8-12-10-11(2)18-23-12/h5,10H,1,3,6-9H2,2,4H3. The zero-order valence-electron chi connectivity index (χ0n) is 13.4. The molecule has 0 radical (unpaired) electrons. The highest BCUT2D eigenvalue weighted by Gasteiger charge is 2.14. The molecular weight excluding hydrogens is 296 g/mol. The van der Waals surface area contributed by atoms with Crippen molar-refractivity contribution in [2.45, 2.75) is 32.7 Å². The lowest BCUT2D eigenvalue weighted by Gasteiger charge is -2.11. The SMILES string of the molecule is C=Cc1c(N=C)c(=O)n(CCCCc2cc(C)no2)c(=O)n1C. The van der Waals surface area contributed by atoms with Crippen molar-refractivity contribution in [1.29, 1.82) is 0 Å². The molecule has 0 aliphatic rings. The second-order valence-electron chi connectivity index (χ2n) is 5.29. The summed E-state index contributed by atoms with van der Waals surface area (Å²) < 4.78 is 7.67. The summed E-state index contributed by atoms with van der Waals surface area (Å²) in [7, 11) is 1.58. The van der Waals surface area contributed by atoms with Crippen molar-refractivity contribution in [3.8, 4) is 0 Å². The predicted molar refractivity (Wildman–Crippen MR) is 89.4 cm³/mol. The Kier molecular flexibility index (Phi) is 5.10. The highest BCUT2D eigenvalue weighted by Crippen LogP contribution is 2.12. The summed E-state index contributed by atoms with van der Waals surface area (Å²) in [6.45, 7) is 9.20. The number of aryl methyl sites for hydroxylation is 2. The third kappa shape index (κ3) is 3.39. The van der Waals surface area contributed by atoms with Gasteiger partial charge in [0, 0.05) is 26.1 Å². The van der Waals surface area contributed by atoms with E-state index in [2.05, 4.69) is 23.4 Å². The van der Waals surface area contributed by atoms with Crippen LogP contribution in [0.15, 0.2) is 31.7 Å². The van der Waals surface area contributed by atoms with Crippen LogP contribution >= 0.6 is 0 Å². The molecule has 0 spiro atoms. The normalized spacial score (nSPS) is 10.7. The van der Waals surface area contributed by atoms with Crippen LogP contribution in [0.25, 0.3) is 6.08 Å². The van der Waals surface area contributed by atoms with Gasteiger partial charge >= 0.3 is 5.69 Å². The molecular formula is C16H20N4O3. The minimum atomic E-state index is -0.437. The second-order valence-corrected chi connectivity index (χ2v) is 5.29. The average Bonchev–Trinajstić information content (AvgIpc) is 2.95. The summed E-state index contributed by atoms with van der Waals surface area (Å²) in [6, 6.07) is 1.88. The Hall–Kier alpha value is -2.70. The molecule has 7 nitrogen and oxygen atoms in total. The van der Waals surface area contributed by atoms with Gasteiger partial charge in [-0.2, -0.15) is 0 Å². The van der Waals surface area contributed by atoms with Crippen molar-refractivity contribution in [2.24, 2.45) is 12.0 Å². The van der Waals surface area contributed by atoms with Crippen LogP contribution in [-0.2, 0) is 20.0 Å². The van der Waals surface area contributed by atoms with Gasteiger partial charge in [0.05, 0.1) is 11.4 Å². The van der Waals surface area contributed by atoms with Crippen molar-refractivity contribution < 1.29 is 4.52 Å². The number of aromatic nitrogens is 3. The molecule has 0 atom stereocenters. The first kappa shape index (κ1) is 16.7. The Morgan fingerprint density at radius 2 is 2.13 bits per heavy atom. The summed E-state index contributed by atoms with van der Waals surface area (Å²) in [4.78, 5) is 28.4. The van der Waals surface area contributed by atoms with Crippen molar-refractivity contribution in [3.05, 3.63) is 50.6 Å². The number of nitrogens with zero attached hydrogens (tertiary/aromatic N) is 4. The summed E-state index contributed by atoms with van der Waals surface area (Å²) in [5.41, 5.74) is 0.546. The molecule has 2 aromatic rings. The average molecular weight is 316 g/mol. The molecule has 0 amide bonds. The number of rotatable bonds is 7. The van der Waals surface area contributed by atoms with Crippen LogP contribution in [0, 0.1) is 6.92 Å². The van der Waals surface area contributed by atoms with Gasteiger partial charge in [-0.1, -0.05) is 11.7 Å². The number of aliphatic imine (C=N–C) groups is 1. The fourth-order valence-corrected chi connectivity index (χ4v) is 2.45. The maximum atomic E-state index is 12.4. The van der Waals surface area contributed by atoms with Gasteiger partial charge in [-0.25, -0.2) is 4.79 Å². The Labute approximate surface area is 133 Å². The highest BCUT2D eigenvalue weighted by atomic mass is 16.5. The van der Waals surface area contributed by atoms with Crippen LogP contribution in [0.3, 0.4) is 0 Å². The van der Waals surface area contributed by atoms with E-state index in [0.717, 1.165) is 17.9 Å². The fraction of sp³-hybridized carbons (Fsp3) is 0.375. The lowest BCUT2D eigenvalue weighted by Crippen LogP contribution is -2.39. The topological polar surface area (TPSA) is 82.4 Å². The molecule has 7 heteroatoms. The van der Waals surface area contributed by atoms with E-state index in [-0.39, 0.29) is 11.4 Å². The first-order valence-corrected chi connectivity index (χ1v) is 7.34. The van der Waals surface area contributed by atoms with E-state index < -0.39 is 5.56 Å². The molecule has 0 aliphatic carbocycles. The van der Waals surface area contributed by atoms with Crippen molar-refractivity contribution in [3.63, 3.8) is 0 Å². The molecule has 0 aliphatic heterocycles. The summed E-state index contributed by atoms with van der Waals surface area (Å²) in [6.07, 6.45) is 3.60. The molecule has 0 aromatic carbocycles. The molecule has 0 saturated heterocycles. The maximum absolute atomic E-state index is 12.4. The molecule has 0 fully saturated rings. The van der Waals surface area contributed by atoms with Gasteiger partial charge in [0.2, 0.25) is 0 Å². The Bertz CT molecular complexity index is 842. The number of hydrogen-bond acceptors (Lipinski definition) is 5. The first-order chi connectivity index (χ1) is 11.0. The lowest BCUT2D eigenvalue weighted by molar-refractivity contribution is 0.374. The largest absolute Gasteiger partial charge is 0.361 e. The molecule has 0 bridgehead atoms. The molecule has 0 saturated carbocycles. The minimum Gasteiger partial charge on any atom is -0.361 e. The lowest BCUT2D eigenvalue weighted by atomic mass is 10.2. The van der Waals surface area contributed by atoms with Gasteiger partial charge in [-0.05, 0) is 32.6 Å². The Morgan fingerprint density at radius 1 is 1.39 bits per heavy atom. The van der Waals surface area contributed by atoms with Crippen LogP contribution < -0.4 is 11.2 Å². The zero-order valence-corrected chi connectivity index (χ0v) is 13.4. The highest BCUT2D eigenvalue weighted by molar-refractivity contribution is 5.60. The molecule has 2 heterocycles. The van der Waals surface area contributed by atoms with E-state index in [9.17, 15) is 9.59 Å². The minimum absolute atomic E-state index is 0.146. The predicted octanol–water partition coefficient (Wildman–Crippen LogP) is 1.84. The molecule has 0 N–H and O–H groups in total. The zero-order chi connectivity index (χ0) is 17.0. The van der Waals surface area contributed by atoms with E-state index in [0.29, 0.717) is 25.1 Å². The van der Waals surface area contributed by atoms with Crippen LogP contribution in [0.4, 0.5) is 5.69 Å². The molecule has 0 unspecified atom stereocenters. The van der Waals surface area contributed by atoms with E-state index in [4.69, 9.17) is 4.52 Å². The van der Waals surface area contributed by atoms with Crippen LogP contribution in [0.1, 0.15) is 30.0 Å². The van der Waals surface area contributed by atoms with E-state index in [1.54, 1.807) is 7.05 Å². The monoisotopic (exact) mass is 316 g/mol. The third-order valence-electron chi connectivity index (χ3n) is 3.65. The van der Waals surface area contributed by atoms with E-state index in [1.165, 1.54) is 15.2 Å². The maximum Gasteiger partial charge on any atom is 0.331 e. The number of hydrogen-bond donors (Lipinski definition) is 0. The van der Waals surface area contributed by atoms with Gasteiger partial charge in [0.15, 0.2) is 5.69 Å². The smallest absolute Gasteiger partial charge is 0.331 e. The number of unbranched alkanes of at least 4 members (excludes halogenated alkanes) is 1. The Balaban J connectivity index is 2.15. The molecule has 122 valence electrons. The summed E-state index contributed by atoms with van der Waals surface area (Å²) in [5, 5.41) is 3.82. The van der Waals surface area contributed by atoms with Gasteiger partial charge < -0.3 is 4.52 Å². The van der Waals surface area contributed by atoms with Gasteiger partial charge in [0.25, 0.3) is 5.56 Å². The Morgan fingerprint density at radius 3 is 2.70 bits per heavy atom. The van der Waals surface area contributed by atoms with Gasteiger partial charge in [-0.15, -0.1) is 0 Å². The van der Waals surface area contributed by atoms with Crippen LogP contribution in [-0.4, -0.2) is 21.0 Å². The van der Waals surface area contributed by atoms with E-state index in [1.807, 2.05) is 13.0 Å². The van der Waals surface area contributed by atoms with E-state index >= 15 is 0 Å². The van der Waals surface area contributed by atoms with Crippen molar-refractivity contribution in [1.82, 2.24) is 14.3 Å².